The summed E-state index contributed by atoms with van der Waals surface area (Å²) < 4.78 is 38.3. The number of hydrogen-bond acceptors (Lipinski definition) is 3. The summed E-state index contributed by atoms with van der Waals surface area (Å²) in [7, 11) is -3.67. The molecule has 0 bridgehead atoms. The van der Waals surface area contributed by atoms with Crippen LogP contribution in [0.25, 0.3) is 0 Å². The summed E-state index contributed by atoms with van der Waals surface area (Å²) in [6, 6.07) is 6.67. The van der Waals surface area contributed by atoms with Crippen LogP contribution in [-0.4, -0.2) is 13.7 Å². The van der Waals surface area contributed by atoms with Crippen molar-refractivity contribution in [1.82, 2.24) is 4.72 Å². The lowest BCUT2D eigenvalue weighted by Crippen LogP contribution is -2.33. The summed E-state index contributed by atoms with van der Waals surface area (Å²) in [6.07, 6.45) is 0. The number of hydrogen-bond donors (Lipinski definition) is 1. The standard InChI is InChI=1S/C11H13FN2O2S/c1-8(7-13)17(15,16)14-9(2)10-3-5-11(12)6-4-10/h3-6,8-9,14H,1-2H3. The van der Waals surface area contributed by atoms with Crippen LogP contribution in [0.2, 0.25) is 0 Å². The summed E-state index contributed by atoms with van der Waals surface area (Å²) in [6.45, 7) is 2.94. The van der Waals surface area contributed by atoms with Crippen molar-refractivity contribution in [3.63, 3.8) is 0 Å². The molecule has 0 spiro atoms. The Morgan fingerprint density at radius 2 is 1.82 bits per heavy atom. The SMILES string of the molecule is CC(NS(=O)(=O)C(C)C#N)c1ccc(F)cc1. The minimum absolute atomic E-state index is 0.380. The van der Waals surface area contributed by atoms with Gasteiger partial charge >= 0.3 is 0 Å². The Labute approximate surface area is 100 Å². The molecule has 0 saturated heterocycles. The molecular formula is C11H13FN2O2S. The summed E-state index contributed by atoms with van der Waals surface area (Å²) in [5, 5.41) is 7.45. The van der Waals surface area contributed by atoms with E-state index >= 15 is 0 Å². The van der Waals surface area contributed by atoms with E-state index in [1.165, 1.54) is 31.2 Å². The van der Waals surface area contributed by atoms with E-state index in [2.05, 4.69) is 4.72 Å². The van der Waals surface area contributed by atoms with Gasteiger partial charge in [-0.15, -0.1) is 0 Å². The molecule has 1 N–H and O–H groups in total. The Kier molecular flexibility index (Phi) is 4.21. The van der Waals surface area contributed by atoms with E-state index in [1.807, 2.05) is 0 Å². The number of rotatable bonds is 4. The van der Waals surface area contributed by atoms with Crippen LogP contribution in [0.1, 0.15) is 25.5 Å². The van der Waals surface area contributed by atoms with Crippen molar-refractivity contribution in [3.8, 4) is 6.07 Å². The molecule has 1 rings (SSSR count). The van der Waals surface area contributed by atoms with Crippen molar-refractivity contribution in [3.05, 3.63) is 35.6 Å². The van der Waals surface area contributed by atoms with Crippen molar-refractivity contribution in [1.29, 1.82) is 5.26 Å². The van der Waals surface area contributed by atoms with E-state index in [0.717, 1.165) is 0 Å². The maximum Gasteiger partial charge on any atom is 0.228 e. The highest BCUT2D eigenvalue weighted by Crippen LogP contribution is 2.15. The van der Waals surface area contributed by atoms with Crippen molar-refractivity contribution >= 4 is 10.0 Å². The Morgan fingerprint density at radius 3 is 2.29 bits per heavy atom. The minimum atomic E-state index is -3.67. The van der Waals surface area contributed by atoms with E-state index in [9.17, 15) is 12.8 Å². The zero-order valence-corrected chi connectivity index (χ0v) is 10.3. The van der Waals surface area contributed by atoms with Crippen LogP contribution in [-0.2, 0) is 10.0 Å². The van der Waals surface area contributed by atoms with Crippen LogP contribution < -0.4 is 4.72 Å². The van der Waals surface area contributed by atoms with Crippen LogP contribution in [0.15, 0.2) is 24.3 Å². The van der Waals surface area contributed by atoms with Gasteiger partial charge in [-0.2, -0.15) is 5.26 Å². The molecule has 0 amide bonds. The zero-order chi connectivity index (χ0) is 13.1. The van der Waals surface area contributed by atoms with Gasteiger partial charge in [0.15, 0.2) is 5.25 Å². The molecule has 0 fully saturated rings. The molecule has 2 unspecified atom stereocenters. The van der Waals surface area contributed by atoms with Gasteiger partial charge in [-0.05, 0) is 31.5 Å². The maximum atomic E-state index is 12.7. The number of nitriles is 1. The lowest BCUT2D eigenvalue weighted by molar-refractivity contribution is 0.562. The first kappa shape index (κ1) is 13.6. The fourth-order valence-corrected chi connectivity index (χ4v) is 2.21. The van der Waals surface area contributed by atoms with E-state index < -0.39 is 21.3 Å². The third-order valence-electron chi connectivity index (χ3n) is 2.36. The molecule has 0 aliphatic heterocycles. The molecule has 0 aromatic heterocycles. The van der Waals surface area contributed by atoms with Crippen molar-refractivity contribution in [2.24, 2.45) is 0 Å². The molecule has 6 heteroatoms. The van der Waals surface area contributed by atoms with Gasteiger partial charge in [-0.25, -0.2) is 17.5 Å². The zero-order valence-electron chi connectivity index (χ0n) is 9.51. The van der Waals surface area contributed by atoms with Gasteiger partial charge in [0, 0.05) is 6.04 Å². The first-order chi connectivity index (χ1) is 7.86. The minimum Gasteiger partial charge on any atom is -0.211 e. The second-order valence-corrected chi connectivity index (χ2v) is 5.74. The van der Waals surface area contributed by atoms with Gasteiger partial charge in [0.05, 0.1) is 6.07 Å². The largest absolute Gasteiger partial charge is 0.228 e. The third kappa shape index (κ3) is 3.51. The van der Waals surface area contributed by atoms with E-state index in [4.69, 9.17) is 5.26 Å². The Balaban J connectivity index is 2.84. The second kappa shape index (κ2) is 5.25. The molecule has 2 atom stereocenters. The Bertz CT molecular complexity index is 519. The van der Waals surface area contributed by atoms with Crippen LogP contribution in [0.5, 0.6) is 0 Å². The first-order valence-corrected chi connectivity index (χ1v) is 6.57. The fraction of sp³-hybridized carbons (Fsp3) is 0.364. The van der Waals surface area contributed by atoms with Gasteiger partial charge in [-0.3, -0.25) is 0 Å². The molecule has 4 nitrogen and oxygen atoms in total. The Hall–Kier alpha value is -1.45. The summed E-state index contributed by atoms with van der Waals surface area (Å²) >= 11 is 0. The van der Waals surface area contributed by atoms with Crippen molar-refractivity contribution in [2.45, 2.75) is 25.1 Å². The van der Waals surface area contributed by atoms with Gasteiger partial charge < -0.3 is 0 Å². The highest BCUT2D eigenvalue weighted by molar-refractivity contribution is 7.90. The summed E-state index contributed by atoms with van der Waals surface area (Å²) in [4.78, 5) is 0. The van der Waals surface area contributed by atoms with Crippen LogP contribution in [0, 0.1) is 17.1 Å². The molecule has 17 heavy (non-hydrogen) atoms. The number of halogens is 1. The monoisotopic (exact) mass is 256 g/mol. The predicted molar refractivity (Wildman–Crippen MR) is 61.9 cm³/mol. The Morgan fingerprint density at radius 1 is 1.29 bits per heavy atom. The average Bonchev–Trinajstić information content (AvgIpc) is 2.28. The first-order valence-electron chi connectivity index (χ1n) is 5.03. The lowest BCUT2D eigenvalue weighted by Gasteiger charge is -2.15. The second-order valence-electron chi connectivity index (χ2n) is 3.71. The molecule has 1 aromatic carbocycles. The van der Waals surface area contributed by atoms with E-state index in [1.54, 1.807) is 13.0 Å². The fourth-order valence-electron chi connectivity index (χ4n) is 1.24. The topological polar surface area (TPSA) is 70.0 Å². The maximum absolute atomic E-state index is 12.7. The van der Waals surface area contributed by atoms with Gasteiger partial charge in [0.1, 0.15) is 5.82 Å². The highest BCUT2D eigenvalue weighted by Gasteiger charge is 2.22. The smallest absolute Gasteiger partial charge is 0.211 e. The molecule has 92 valence electrons. The number of sulfonamides is 1. The van der Waals surface area contributed by atoms with Crippen LogP contribution in [0.4, 0.5) is 4.39 Å². The summed E-state index contributed by atoms with van der Waals surface area (Å²) in [5.74, 6) is -0.380. The van der Waals surface area contributed by atoms with E-state index in [0.29, 0.717) is 5.56 Å². The highest BCUT2D eigenvalue weighted by atomic mass is 32.2. The van der Waals surface area contributed by atoms with E-state index in [-0.39, 0.29) is 5.82 Å². The lowest BCUT2D eigenvalue weighted by atomic mass is 10.1. The van der Waals surface area contributed by atoms with Gasteiger partial charge in [0.25, 0.3) is 0 Å². The van der Waals surface area contributed by atoms with Gasteiger partial charge in [0.2, 0.25) is 10.0 Å². The molecule has 0 saturated carbocycles. The average molecular weight is 256 g/mol. The quantitative estimate of drug-likeness (QED) is 0.891. The molecule has 1 aromatic rings. The molecule has 0 radical (unpaired) electrons. The number of nitrogens with zero attached hydrogens (tertiary/aromatic N) is 1. The summed E-state index contributed by atoms with van der Waals surface area (Å²) in [5.41, 5.74) is 0.639. The van der Waals surface area contributed by atoms with Crippen LogP contribution in [0.3, 0.4) is 0 Å². The van der Waals surface area contributed by atoms with Crippen molar-refractivity contribution in [2.75, 3.05) is 0 Å². The van der Waals surface area contributed by atoms with Gasteiger partial charge in [-0.1, -0.05) is 12.1 Å². The number of benzene rings is 1. The predicted octanol–water partition coefficient (Wildman–Crippen LogP) is 1.72. The molecule has 0 aliphatic carbocycles. The normalized spacial score (nSPS) is 14.9. The molecule has 0 heterocycles. The molecular weight excluding hydrogens is 243 g/mol. The number of nitrogens with one attached hydrogen (secondary N) is 1. The van der Waals surface area contributed by atoms with Crippen molar-refractivity contribution < 1.29 is 12.8 Å². The van der Waals surface area contributed by atoms with Crippen LogP contribution >= 0.6 is 0 Å². The molecule has 0 aliphatic rings. The third-order valence-corrected chi connectivity index (χ3v) is 4.08.